The first-order valence-corrected chi connectivity index (χ1v) is 10.0. The molecule has 0 aliphatic heterocycles. The molecule has 0 aliphatic carbocycles. The van der Waals surface area contributed by atoms with Crippen LogP contribution in [0, 0.1) is 12.7 Å². The summed E-state index contributed by atoms with van der Waals surface area (Å²) < 4.78 is 25.6. The lowest BCUT2D eigenvalue weighted by molar-refractivity contribution is 0.282. The number of methoxy groups -OCH3 is 1. The summed E-state index contributed by atoms with van der Waals surface area (Å²) in [4.78, 5) is 12.8. The van der Waals surface area contributed by atoms with E-state index >= 15 is 0 Å². The van der Waals surface area contributed by atoms with Gasteiger partial charge < -0.3 is 19.9 Å². The van der Waals surface area contributed by atoms with Crippen molar-refractivity contribution in [1.82, 2.24) is 15.0 Å². The highest BCUT2D eigenvalue weighted by Crippen LogP contribution is 2.36. The Bertz CT molecular complexity index is 1240. The number of hydrogen-bond acceptors (Lipinski definition) is 8. The monoisotopic (exact) mass is 482 g/mol. The van der Waals surface area contributed by atoms with E-state index in [2.05, 4.69) is 20.3 Å². The Balaban J connectivity index is 0.00000272. The number of phenolic OH excluding ortho intramolecular Hbond substituents is 1. The van der Waals surface area contributed by atoms with Gasteiger partial charge >= 0.3 is 0 Å². The average molecular weight is 483 g/mol. The van der Waals surface area contributed by atoms with Crippen molar-refractivity contribution < 1.29 is 19.0 Å². The molecule has 0 amide bonds. The molecule has 2 aromatic carbocycles. The van der Waals surface area contributed by atoms with Crippen molar-refractivity contribution >= 4 is 57.8 Å². The summed E-state index contributed by atoms with van der Waals surface area (Å²) in [6, 6.07) is 5.63. The zero-order chi connectivity index (χ0) is 21.3. The van der Waals surface area contributed by atoms with E-state index in [-0.39, 0.29) is 35.5 Å². The number of phenols is 1. The van der Waals surface area contributed by atoms with Crippen LogP contribution in [0.15, 0.2) is 36.0 Å². The summed E-state index contributed by atoms with van der Waals surface area (Å²) in [6.07, 6.45) is 1.35. The third-order valence-electron chi connectivity index (χ3n) is 4.25. The molecule has 0 saturated heterocycles. The summed E-state index contributed by atoms with van der Waals surface area (Å²) in [5, 5.41) is 16.0. The molecule has 0 bridgehead atoms. The van der Waals surface area contributed by atoms with E-state index in [0.717, 1.165) is 16.8 Å². The van der Waals surface area contributed by atoms with E-state index in [1.54, 1.807) is 23.5 Å². The molecule has 2 N–H and O–H groups in total. The first-order valence-electron chi connectivity index (χ1n) is 8.76. The summed E-state index contributed by atoms with van der Waals surface area (Å²) >= 11 is 7.29. The van der Waals surface area contributed by atoms with E-state index < -0.39 is 5.82 Å². The van der Waals surface area contributed by atoms with Crippen LogP contribution in [0.5, 0.6) is 17.2 Å². The highest BCUT2D eigenvalue weighted by Gasteiger charge is 2.15. The van der Waals surface area contributed by atoms with E-state index in [1.165, 1.54) is 19.5 Å². The highest BCUT2D eigenvalue weighted by molar-refractivity contribution is 7.09. The number of aromatic hydroxyl groups is 1. The van der Waals surface area contributed by atoms with Gasteiger partial charge in [-0.15, -0.1) is 23.7 Å². The molecule has 162 valence electrons. The maximum Gasteiger partial charge on any atom is 0.163 e. The average Bonchev–Trinajstić information content (AvgIpc) is 3.15. The van der Waals surface area contributed by atoms with Crippen LogP contribution in [-0.2, 0) is 6.61 Å². The van der Waals surface area contributed by atoms with Crippen molar-refractivity contribution in [3.63, 3.8) is 0 Å². The van der Waals surface area contributed by atoms with Crippen molar-refractivity contribution in [2.75, 3.05) is 12.4 Å². The molecule has 0 atom stereocenters. The molecular weight excluding hydrogens is 466 g/mol. The minimum absolute atomic E-state index is 0. The molecule has 2 heterocycles. The molecule has 0 unspecified atom stereocenters. The van der Waals surface area contributed by atoms with E-state index in [1.807, 2.05) is 12.3 Å². The summed E-state index contributed by atoms with van der Waals surface area (Å²) in [5.74, 6) is 0.419. The maximum atomic E-state index is 14.2. The van der Waals surface area contributed by atoms with E-state index in [9.17, 15) is 9.50 Å². The number of aryl methyl sites for hydroxylation is 1. The van der Waals surface area contributed by atoms with E-state index in [0.29, 0.717) is 28.2 Å². The number of ether oxygens (including phenoxy) is 2. The molecule has 0 aliphatic rings. The van der Waals surface area contributed by atoms with Crippen molar-refractivity contribution in [3.05, 3.63) is 57.5 Å². The quantitative estimate of drug-likeness (QED) is 0.367. The van der Waals surface area contributed by atoms with Gasteiger partial charge in [-0.05, 0) is 19.1 Å². The third kappa shape index (κ3) is 4.90. The summed E-state index contributed by atoms with van der Waals surface area (Å²) in [6.45, 7) is 2.22. The Morgan fingerprint density at radius 3 is 2.71 bits per heavy atom. The van der Waals surface area contributed by atoms with Gasteiger partial charge in [0.1, 0.15) is 30.3 Å². The second-order valence-electron chi connectivity index (χ2n) is 6.30. The summed E-state index contributed by atoms with van der Waals surface area (Å²) in [5.41, 5.74) is 1.41. The second kappa shape index (κ2) is 9.51. The van der Waals surface area contributed by atoms with Gasteiger partial charge in [-0.3, -0.25) is 0 Å². The van der Waals surface area contributed by atoms with Crippen molar-refractivity contribution in [2.45, 2.75) is 13.5 Å². The number of benzene rings is 2. The molecule has 0 spiro atoms. The number of halogens is 3. The zero-order valence-corrected chi connectivity index (χ0v) is 18.7. The van der Waals surface area contributed by atoms with Gasteiger partial charge in [0.05, 0.1) is 34.0 Å². The van der Waals surface area contributed by atoms with Gasteiger partial charge in [-0.2, -0.15) is 0 Å². The van der Waals surface area contributed by atoms with E-state index in [4.69, 9.17) is 21.1 Å². The van der Waals surface area contributed by atoms with Crippen LogP contribution >= 0.6 is 35.3 Å². The minimum Gasteiger partial charge on any atom is -0.506 e. The Kier molecular flexibility index (Phi) is 6.99. The number of anilines is 2. The number of fused-ring (bicyclic) bond motifs is 1. The third-order valence-corrected chi connectivity index (χ3v) is 5.38. The Morgan fingerprint density at radius 1 is 1.19 bits per heavy atom. The van der Waals surface area contributed by atoms with Gasteiger partial charge in [-0.25, -0.2) is 19.3 Å². The van der Waals surface area contributed by atoms with Crippen LogP contribution in [0.25, 0.3) is 10.9 Å². The molecule has 4 aromatic rings. The number of nitrogens with zero attached hydrogens (tertiary/aromatic N) is 3. The standard InChI is InChI=1S/C20H16ClFN4O3S.ClH/c1-10-25-11(8-30-10)7-29-19-6-15-12(3-18(19)28-2)20(24-9-23-15)26-16-5-17(27)13(21)4-14(16)22;/h3-6,8-9,27H,7H2,1-2H3,(H,23,24,26);1H. The highest BCUT2D eigenvalue weighted by atomic mass is 35.5. The SMILES string of the molecule is COc1cc2c(Nc3cc(O)c(Cl)cc3F)ncnc2cc1OCc1csc(C)n1.Cl. The number of thiazole rings is 1. The normalized spacial score (nSPS) is 10.6. The van der Waals surface area contributed by atoms with Crippen LogP contribution in [0.2, 0.25) is 5.02 Å². The van der Waals surface area contributed by atoms with Gasteiger partial charge in [0.2, 0.25) is 0 Å². The summed E-state index contributed by atoms with van der Waals surface area (Å²) in [7, 11) is 1.52. The molecule has 31 heavy (non-hydrogen) atoms. The molecule has 0 fully saturated rings. The Morgan fingerprint density at radius 2 is 2.00 bits per heavy atom. The predicted molar refractivity (Wildman–Crippen MR) is 121 cm³/mol. The first-order chi connectivity index (χ1) is 14.4. The molecule has 7 nitrogen and oxygen atoms in total. The fraction of sp³-hybridized carbons (Fsp3) is 0.150. The van der Waals surface area contributed by atoms with Crippen LogP contribution in [0.1, 0.15) is 10.7 Å². The van der Waals surface area contributed by atoms with Crippen LogP contribution in [-0.4, -0.2) is 27.2 Å². The van der Waals surface area contributed by atoms with Gasteiger partial charge in [-0.1, -0.05) is 11.6 Å². The lowest BCUT2D eigenvalue weighted by Gasteiger charge is -2.14. The first kappa shape index (κ1) is 22.8. The maximum absolute atomic E-state index is 14.2. The number of nitrogens with one attached hydrogen (secondary N) is 1. The van der Waals surface area contributed by atoms with Gasteiger partial charge in [0.15, 0.2) is 11.5 Å². The second-order valence-corrected chi connectivity index (χ2v) is 7.77. The largest absolute Gasteiger partial charge is 0.506 e. The lowest BCUT2D eigenvalue weighted by Crippen LogP contribution is -2.01. The van der Waals surface area contributed by atoms with Crippen LogP contribution in [0.3, 0.4) is 0 Å². The topological polar surface area (TPSA) is 89.4 Å². The fourth-order valence-corrected chi connectivity index (χ4v) is 3.57. The molecule has 0 radical (unpaired) electrons. The van der Waals surface area contributed by atoms with Crippen molar-refractivity contribution in [3.8, 4) is 17.2 Å². The van der Waals surface area contributed by atoms with Gasteiger partial charge in [0.25, 0.3) is 0 Å². The Labute approximate surface area is 192 Å². The fourth-order valence-electron chi connectivity index (χ4n) is 2.82. The number of aromatic nitrogens is 3. The van der Waals surface area contributed by atoms with Crippen LogP contribution in [0.4, 0.5) is 15.9 Å². The molecule has 11 heteroatoms. The molecule has 0 saturated carbocycles. The van der Waals surface area contributed by atoms with Gasteiger partial charge in [0, 0.05) is 22.9 Å². The van der Waals surface area contributed by atoms with Crippen LogP contribution < -0.4 is 14.8 Å². The Hall–Kier alpha value is -2.88. The predicted octanol–water partition coefficient (Wildman–Crippen LogP) is 5.65. The molecular formula is C20H17Cl2FN4O3S. The lowest BCUT2D eigenvalue weighted by atomic mass is 10.2. The molecule has 4 rings (SSSR count). The van der Waals surface area contributed by atoms with Crippen molar-refractivity contribution in [1.29, 1.82) is 0 Å². The number of hydrogen-bond donors (Lipinski definition) is 2. The minimum atomic E-state index is -0.630. The number of rotatable bonds is 6. The molecule has 2 aromatic heterocycles. The zero-order valence-electron chi connectivity index (χ0n) is 16.3. The smallest absolute Gasteiger partial charge is 0.163 e. The van der Waals surface area contributed by atoms with Crippen molar-refractivity contribution in [2.24, 2.45) is 0 Å².